The van der Waals surface area contributed by atoms with E-state index in [9.17, 15) is 22.5 Å². The Morgan fingerprint density at radius 2 is 1.55 bits per heavy atom. The standard InChI is InChI=1S/C31H34F3N3O3S2/c32-31(33,34)40-24-16-18-25(19-17-24)42(39,35-20-21-12-13-21)36-26-8-5-11-29(30(26)38)41-37-27-9-3-1-6-22(27)14-15-23-7-2-4-10-28(23)37/h1-4,6-7,9-10,16-19,21,26,29-30,38H,5,8,11-15,20H2,(H,35,36,39)/t26-,29?,30+,42?/m1/s1. The number of fused-ring (bicyclic) bond motifs is 2. The number of ether oxygens (including phenoxy) is 1. The number of anilines is 2. The van der Waals surface area contributed by atoms with Crippen LogP contribution < -0.4 is 13.8 Å². The SMILES string of the molecule is O=S(=NCC1CC1)(N[C@@H]1CCCC(SN2c3ccccc3CCc3ccccc32)[C@H]1O)c1ccc(OC(F)(F)F)cc1. The summed E-state index contributed by atoms with van der Waals surface area (Å²) in [5, 5.41) is 11.5. The van der Waals surface area contributed by atoms with Crippen molar-refractivity contribution in [3.8, 4) is 5.75 Å². The number of aliphatic hydroxyl groups is 1. The van der Waals surface area contributed by atoms with Crippen LogP contribution in [0.3, 0.4) is 0 Å². The van der Waals surface area contributed by atoms with Crippen molar-refractivity contribution < 1.29 is 27.2 Å². The average Bonchev–Trinajstić information content (AvgIpc) is 3.81. The Hall–Kier alpha value is -2.73. The van der Waals surface area contributed by atoms with Crippen LogP contribution in [-0.2, 0) is 22.8 Å². The number of hydrogen-bond acceptors (Lipinski definition) is 6. The smallest absolute Gasteiger partial charge is 0.406 e. The fraction of sp³-hybridized carbons (Fsp3) is 0.419. The Kier molecular flexibility index (Phi) is 8.46. The fourth-order valence-corrected chi connectivity index (χ4v) is 8.99. The van der Waals surface area contributed by atoms with Crippen molar-refractivity contribution in [2.45, 2.75) is 73.6 Å². The number of nitrogens with zero attached hydrogens (tertiary/aromatic N) is 2. The van der Waals surface area contributed by atoms with Crippen LogP contribution in [-0.4, -0.2) is 39.6 Å². The molecule has 3 aliphatic rings. The summed E-state index contributed by atoms with van der Waals surface area (Å²) in [7, 11) is -3.22. The maximum Gasteiger partial charge on any atom is 0.573 e. The van der Waals surface area contributed by atoms with Gasteiger partial charge in [-0.1, -0.05) is 42.8 Å². The first-order valence-corrected chi connectivity index (χ1v) is 16.7. The van der Waals surface area contributed by atoms with E-state index in [4.69, 9.17) is 0 Å². The molecule has 0 radical (unpaired) electrons. The summed E-state index contributed by atoms with van der Waals surface area (Å²) in [6.45, 7) is 0.398. The number of alkyl halides is 3. The van der Waals surface area contributed by atoms with E-state index in [2.05, 4.69) is 54.5 Å². The second-order valence-electron chi connectivity index (χ2n) is 11.1. The van der Waals surface area contributed by atoms with Gasteiger partial charge in [0, 0.05) is 6.04 Å². The monoisotopic (exact) mass is 617 g/mol. The molecule has 2 aliphatic carbocycles. The van der Waals surface area contributed by atoms with Crippen LogP contribution >= 0.6 is 11.9 Å². The van der Waals surface area contributed by atoms with Crippen molar-refractivity contribution in [1.82, 2.24) is 4.72 Å². The van der Waals surface area contributed by atoms with Gasteiger partial charge >= 0.3 is 6.36 Å². The minimum Gasteiger partial charge on any atom is -0.406 e. The highest BCUT2D eigenvalue weighted by Gasteiger charge is 2.37. The first-order valence-electron chi connectivity index (χ1n) is 14.4. The van der Waals surface area contributed by atoms with Gasteiger partial charge in [0.15, 0.2) is 0 Å². The average molecular weight is 618 g/mol. The highest BCUT2D eigenvalue weighted by Crippen LogP contribution is 2.44. The minimum atomic E-state index is -4.81. The Labute approximate surface area is 249 Å². The predicted octanol–water partition coefficient (Wildman–Crippen LogP) is 7.19. The highest BCUT2D eigenvalue weighted by molar-refractivity contribution is 8.01. The normalized spacial score (nSPS) is 23.7. The number of para-hydroxylation sites is 2. The number of halogens is 3. The molecule has 11 heteroatoms. The fourth-order valence-electron chi connectivity index (χ4n) is 5.59. The second-order valence-corrected chi connectivity index (χ2v) is 14.3. The second kappa shape index (κ2) is 12.1. The van der Waals surface area contributed by atoms with Gasteiger partial charge in [-0.15, -0.1) is 13.2 Å². The van der Waals surface area contributed by atoms with Crippen LogP contribution in [0.25, 0.3) is 0 Å². The van der Waals surface area contributed by atoms with E-state index in [0.717, 1.165) is 62.0 Å². The first kappa shape index (κ1) is 29.3. The summed E-state index contributed by atoms with van der Waals surface area (Å²) < 4.78 is 66.4. The zero-order valence-electron chi connectivity index (χ0n) is 23.0. The van der Waals surface area contributed by atoms with E-state index >= 15 is 0 Å². The number of nitrogens with one attached hydrogen (secondary N) is 1. The largest absolute Gasteiger partial charge is 0.573 e. The summed E-state index contributed by atoms with van der Waals surface area (Å²) in [5.41, 5.74) is 4.72. The molecule has 0 bridgehead atoms. The summed E-state index contributed by atoms with van der Waals surface area (Å²) in [6.07, 6.45) is 0.465. The lowest BCUT2D eigenvalue weighted by Crippen LogP contribution is -2.50. The van der Waals surface area contributed by atoms with Crippen LogP contribution in [0.5, 0.6) is 5.75 Å². The molecule has 3 aromatic carbocycles. The lowest BCUT2D eigenvalue weighted by Gasteiger charge is -2.38. The van der Waals surface area contributed by atoms with Crippen LogP contribution in [0.2, 0.25) is 0 Å². The topological polar surface area (TPSA) is 74.2 Å². The zero-order chi connectivity index (χ0) is 29.3. The molecule has 3 aromatic rings. The minimum absolute atomic E-state index is 0.176. The maximum absolute atomic E-state index is 14.3. The molecule has 0 saturated heterocycles. The van der Waals surface area contributed by atoms with Gasteiger partial charge in [0.05, 0.1) is 34.2 Å². The Morgan fingerprint density at radius 3 is 2.14 bits per heavy atom. The van der Waals surface area contributed by atoms with Gasteiger partial charge in [0.25, 0.3) is 0 Å². The van der Waals surface area contributed by atoms with Crippen molar-refractivity contribution in [3.63, 3.8) is 0 Å². The highest BCUT2D eigenvalue weighted by atomic mass is 32.2. The van der Waals surface area contributed by atoms with Gasteiger partial charge in [-0.2, -0.15) is 0 Å². The molecule has 2 saturated carbocycles. The van der Waals surface area contributed by atoms with Crippen LogP contribution in [0.15, 0.2) is 82.1 Å². The molecular weight excluding hydrogens is 583 g/mol. The predicted molar refractivity (Wildman–Crippen MR) is 160 cm³/mol. The summed E-state index contributed by atoms with van der Waals surface area (Å²) >= 11 is 1.61. The van der Waals surface area contributed by atoms with E-state index in [1.807, 2.05) is 12.1 Å². The van der Waals surface area contributed by atoms with E-state index in [1.165, 1.54) is 23.3 Å². The Bertz CT molecular complexity index is 1470. The third-order valence-corrected chi connectivity index (χ3v) is 11.5. The van der Waals surface area contributed by atoms with Gasteiger partial charge in [-0.25, -0.2) is 13.3 Å². The van der Waals surface area contributed by atoms with E-state index in [1.54, 1.807) is 11.9 Å². The van der Waals surface area contributed by atoms with Crippen molar-refractivity contribution in [2.75, 3.05) is 10.8 Å². The molecule has 2 unspecified atom stereocenters. The van der Waals surface area contributed by atoms with Gasteiger partial charge in [0.2, 0.25) is 0 Å². The van der Waals surface area contributed by atoms with Crippen molar-refractivity contribution in [2.24, 2.45) is 10.3 Å². The molecule has 6 nitrogen and oxygen atoms in total. The molecule has 0 aromatic heterocycles. The van der Waals surface area contributed by atoms with Crippen molar-refractivity contribution in [1.29, 1.82) is 0 Å². The third-order valence-electron chi connectivity index (χ3n) is 8.02. The van der Waals surface area contributed by atoms with Crippen LogP contribution in [0, 0.1) is 5.92 Å². The van der Waals surface area contributed by atoms with Gasteiger partial charge in [-0.05, 0) is 104 Å². The third kappa shape index (κ3) is 6.74. The molecule has 224 valence electrons. The van der Waals surface area contributed by atoms with Crippen LogP contribution in [0.1, 0.15) is 43.2 Å². The number of aliphatic hydroxyl groups excluding tert-OH is 1. The number of benzene rings is 3. The molecule has 2 N–H and O–H groups in total. The Morgan fingerprint density at radius 1 is 0.929 bits per heavy atom. The molecule has 0 spiro atoms. The molecule has 6 rings (SSSR count). The van der Waals surface area contributed by atoms with Crippen LogP contribution in [0.4, 0.5) is 24.5 Å². The summed E-state index contributed by atoms with van der Waals surface area (Å²) in [6, 6.07) is 21.2. The molecule has 1 heterocycles. The maximum atomic E-state index is 14.3. The summed E-state index contributed by atoms with van der Waals surface area (Å²) in [4.78, 5) is 0.273. The molecular formula is C31H34F3N3O3S2. The van der Waals surface area contributed by atoms with Crippen molar-refractivity contribution >= 4 is 33.2 Å². The number of aryl methyl sites for hydroxylation is 2. The van der Waals surface area contributed by atoms with Crippen molar-refractivity contribution in [3.05, 3.63) is 83.9 Å². The van der Waals surface area contributed by atoms with E-state index < -0.39 is 28.4 Å². The zero-order valence-corrected chi connectivity index (χ0v) is 24.6. The molecule has 0 amide bonds. The lowest BCUT2D eigenvalue weighted by atomic mass is 9.93. The number of rotatable bonds is 8. The molecule has 1 aliphatic heterocycles. The van der Waals surface area contributed by atoms with E-state index in [-0.39, 0.29) is 15.9 Å². The molecule has 42 heavy (non-hydrogen) atoms. The summed E-state index contributed by atoms with van der Waals surface area (Å²) in [5.74, 6) is -0.0226. The molecule has 4 atom stereocenters. The lowest BCUT2D eigenvalue weighted by molar-refractivity contribution is -0.274. The first-order chi connectivity index (χ1) is 20.2. The number of hydrogen-bond donors (Lipinski definition) is 2. The van der Waals surface area contributed by atoms with Gasteiger partial charge in [0.1, 0.15) is 15.7 Å². The van der Waals surface area contributed by atoms with Gasteiger partial charge in [-0.3, -0.25) is 4.31 Å². The van der Waals surface area contributed by atoms with E-state index in [0.29, 0.717) is 18.9 Å². The van der Waals surface area contributed by atoms with Gasteiger partial charge < -0.3 is 9.84 Å². The molecule has 2 fully saturated rings. The quantitative estimate of drug-likeness (QED) is 0.262. The Balaban J connectivity index is 1.25.